The average molecular weight is 460 g/mol. The Kier molecular flexibility index (Phi) is 7.18. The van der Waals surface area contributed by atoms with E-state index in [1.807, 2.05) is 61.8 Å². The molecule has 0 radical (unpaired) electrons. The van der Waals surface area contributed by atoms with Crippen LogP contribution < -0.4 is 16.4 Å². The van der Waals surface area contributed by atoms with Crippen molar-refractivity contribution in [1.29, 1.82) is 0 Å². The number of hydrogen-bond donors (Lipinski definition) is 4. The first-order valence-electron chi connectivity index (χ1n) is 11.6. The van der Waals surface area contributed by atoms with Gasteiger partial charge in [0.15, 0.2) is 0 Å². The number of nitrogens with zero attached hydrogens (tertiary/aromatic N) is 3. The number of aromatic nitrogens is 1. The third-order valence-electron chi connectivity index (χ3n) is 6.18. The predicted octanol–water partition coefficient (Wildman–Crippen LogP) is 4.38. The highest BCUT2D eigenvalue weighted by molar-refractivity contribution is 6.02. The van der Waals surface area contributed by atoms with Gasteiger partial charge in [0.25, 0.3) is 0 Å². The van der Waals surface area contributed by atoms with Crippen LogP contribution in [0.2, 0.25) is 0 Å². The number of amidine groups is 1. The summed E-state index contributed by atoms with van der Waals surface area (Å²) < 4.78 is 0. The Labute approximate surface area is 200 Å². The molecule has 4 rings (SSSR count). The number of para-hydroxylation sites is 1. The molecule has 2 amide bonds. The molecule has 178 valence electrons. The van der Waals surface area contributed by atoms with Gasteiger partial charge in [0.2, 0.25) is 0 Å². The number of hydrogen-bond acceptors (Lipinski definition) is 4. The topological polar surface area (TPSA) is 102 Å². The molecule has 3 aromatic rings. The fourth-order valence-corrected chi connectivity index (χ4v) is 4.55. The summed E-state index contributed by atoms with van der Waals surface area (Å²) >= 11 is 0. The number of benzene rings is 2. The lowest BCUT2D eigenvalue weighted by Gasteiger charge is -2.45. The predicted molar refractivity (Wildman–Crippen MR) is 139 cm³/mol. The van der Waals surface area contributed by atoms with Crippen LogP contribution in [0, 0.1) is 0 Å². The van der Waals surface area contributed by atoms with E-state index in [2.05, 4.69) is 56.4 Å². The highest BCUT2D eigenvalue weighted by atomic mass is 16.2. The van der Waals surface area contributed by atoms with Gasteiger partial charge in [0, 0.05) is 50.3 Å². The largest absolute Gasteiger partial charge is 0.385 e. The van der Waals surface area contributed by atoms with Crippen LogP contribution in [0.1, 0.15) is 31.0 Å². The molecule has 8 nitrogen and oxygen atoms in total. The molecule has 2 heterocycles. The van der Waals surface area contributed by atoms with Gasteiger partial charge in [-0.2, -0.15) is 0 Å². The fourth-order valence-electron chi connectivity index (χ4n) is 4.55. The molecular weight excluding hydrogens is 426 g/mol. The molecule has 0 saturated carbocycles. The van der Waals surface area contributed by atoms with Crippen molar-refractivity contribution in [3.05, 3.63) is 78.0 Å². The summed E-state index contributed by atoms with van der Waals surface area (Å²) in [7, 11) is 1.81. The zero-order valence-electron chi connectivity index (χ0n) is 20.0. The number of aliphatic imine (C=N–C) groups is 1. The third kappa shape index (κ3) is 5.23. The van der Waals surface area contributed by atoms with Crippen molar-refractivity contribution in [2.75, 3.05) is 43.0 Å². The molecule has 1 fully saturated rings. The minimum Gasteiger partial charge on any atom is -0.385 e. The molecule has 0 bridgehead atoms. The van der Waals surface area contributed by atoms with E-state index >= 15 is 0 Å². The van der Waals surface area contributed by atoms with Gasteiger partial charge in [-0.3, -0.25) is 9.89 Å². The van der Waals surface area contributed by atoms with E-state index < -0.39 is 0 Å². The van der Waals surface area contributed by atoms with Crippen LogP contribution in [0.15, 0.2) is 71.9 Å². The second-order valence-corrected chi connectivity index (χ2v) is 8.72. The Morgan fingerprint density at radius 2 is 1.79 bits per heavy atom. The number of aromatic amines is 1. The maximum Gasteiger partial charge on any atom is 0.323 e. The number of rotatable bonds is 5. The van der Waals surface area contributed by atoms with Gasteiger partial charge in [-0.05, 0) is 49.7 Å². The highest BCUT2D eigenvalue weighted by Gasteiger charge is 2.32. The van der Waals surface area contributed by atoms with Crippen molar-refractivity contribution < 1.29 is 4.79 Å². The lowest BCUT2D eigenvalue weighted by Crippen LogP contribution is -2.52. The van der Waals surface area contributed by atoms with Gasteiger partial charge in [-0.1, -0.05) is 30.3 Å². The molecule has 34 heavy (non-hydrogen) atoms. The number of carbonyl (C=O) groups excluding carboxylic acids is 1. The normalized spacial score (nSPS) is 17.1. The summed E-state index contributed by atoms with van der Waals surface area (Å²) in [6.07, 6.45) is 1.84. The van der Waals surface area contributed by atoms with E-state index in [0.717, 1.165) is 48.0 Å². The summed E-state index contributed by atoms with van der Waals surface area (Å²) in [5, 5.41) is 5.83. The van der Waals surface area contributed by atoms with Crippen molar-refractivity contribution in [3.63, 3.8) is 0 Å². The van der Waals surface area contributed by atoms with Crippen molar-refractivity contribution in [1.82, 2.24) is 14.8 Å². The van der Waals surface area contributed by atoms with E-state index in [0.29, 0.717) is 11.9 Å². The molecule has 0 aliphatic carbocycles. The number of H-pyrrole nitrogens is 1. The first-order valence-corrected chi connectivity index (χ1v) is 11.6. The summed E-state index contributed by atoms with van der Waals surface area (Å²) in [6, 6.07) is 19.7. The second kappa shape index (κ2) is 10.4. The van der Waals surface area contributed by atoms with Gasteiger partial charge in [-0.25, -0.2) is 4.79 Å². The van der Waals surface area contributed by atoms with E-state index in [1.165, 1.54) is 0 Å². The molecule has 1 atom stereocenters. The SMILES string of the molecule is CN=C(c1cc[nH]c1N)N1CCN(C(C)C)C(c2cccc(NC(=O)Nc3ccccc3)c2)C1. The summed E-state index contributed by atoms with van der Waals surface area (Å²) in [6.45, 7) is 6.98. The van der Waals surface area contributed by atoms with Crippen molar-refractivity contribution in [2.45, 2.75) is 25.9 Å². The number of nitrogens with one attached hydrogen (secondary N) is 3. The number of anilines is 3. The van der Waals surface area contributed by atoms with Crippen LogP contribution in [0.3, 0.4) is 0 Å². The van der Waals surface area contributed by atoms with Gasteiger partial charge in [-0.15, -0.1) is 0 Å². The average Bonchev–Trinajstić information content (AvgIpc) is 3.25. The lowest BCUT2D eigenvalue weighted by molar-refractivity contribution is 0.0826. The van der Waals surface area contributed by atoms with Crippen LogP contribution in [0.5, 0.6) is 0 Å². The summed E-state index contributed by atoms with van der Waals surface area (Å²) in [5.41, 5.74) is 9.72. The van der Waals surface area contributed by atoms with Crippen LogP contribution >= 0.6 is 0 Å². The standard InChI is InChI=1S/C26H33N7O/c1-18(2)33-15-14-32(25(28-3)22-12-13-29-24(22)27)17-23(33)19-8-7-11-21(16-19)31-26(34)30-20-9-5-4-6-10-20/h4-13,16,18,23,29H,14-15,17,27H2,1-3H3,(H2,30,31,34). The summed E-state index contributed by atoms with van der Waals surface area (Å²) in [4.78, 5) is 24.9. The minimum absolute atomic E-state index is 0.143. The Bertz CT molecular complexity index is 1140. The van der Waals surface area contributed by atoms with E-state index in [-0.39, 0.29) is 12.1 Å². The maximum atomic E-state index is 12.5. The van der Waals surface area contributed by atoms with Crippen LogP contribution in [-0.2, 0) is 0 Å². The van der Waals surface area contributed by atoms with Gasteiger partial charge >= 0.3 is 6.03 Å². The quantitative estimate of drug-likeness (QED) is 0.336. The van der Waals surface area contributed by atoms with Crippen molar-refractivity contribution >= 4 is 29.1 Å². The first-order chi connectivity index (χ1) is 16.5. The van der Waals surface area contributed by atoms with Gasteiger partial charge in [0.05, 0.1) is 11.6 Å². The molecule has 0 spiro atoms. The van der Waals surface area contributed by atoms with E-state index in [9.17, 15) is 4.79 Å². The van der Waals surface area contributed by atoms with Gasteiger partial charge in [0.1, 0.15) is 11.7 Å². The number of urea groups is 1. The zero-order chi connectivity index (χ0) is 24.1. The molecule has 5 N–H and O–H groups in total. The minimum atomic E-state index is -0.266. The third-order valence-corrected chi connectivity index (χ3v) is 6.18. The van der Waals surface area contributed by atoms with Gasteiger partial charge < -0.3 is 26.3 Å². The molecule has 1 aliphatic rings. The Morgan fingerprint density at radius 1 is 1.06 bits per heavy atom. The number of nitrogen functional groups attached to an aromatic ring is 1. The van der Waals surface area contributed by atoms with Crippen LogP contribution in [0.25, 0.3) is 0 Å². The Hall–Kier alpha value is -3.78. The van der Waals surface area contributed by atoms with Crippen molar-refractivity contribution in [2.24, 2.45) is 4.99 Å². The monoisotopic (exact) mass is 459 g/mol. The number of amides is 2. The fraction of sp³-hybridized carbons (Fsp3) is 0.308. The molecule has 8 heteroatoms. The van der Waals surface area contributed by atoms with Crippen LogP contribution in [-0.4, -0.2) is 59.4 Å². The highest BCUT2D eigenvalue weighted by Crippen LogP contribution is 2.30. The zero-order valence-corrected chi connectivity index (χ0v) is 20.0. The van der Waals surface area contributed by atoms with Crippen molar-refractivity contribution in [3.8, 4) is 0 Å². The summed E-state index contributed by atoms with van der Waals surface area (Å²) in [5.74, 6) is 1.52. The molecule has 1 aliphatic heterocycles. The van der Waals surface area contributed by atoms with E-state index in [1.54, 1.807) is 0 Å². The molecular formula is C26H33N7O. The number of nitrogens with two attached hydrogens (primary N) is 1. The molecule has 1 saturated heterocycles. The molecule has 1 aromatic heterocycles. The Morgan fingerprint density at radius 3 is 2.47 bits per heavy atom. The number of carbonyl (C=O) groups is 1. The molecule has 1 unspecified atom stereocenters. The van der Waals surface area contributed by atoms with Crippen LogP contribution in [0.4, 0.5) is 22.0 Å². The van der Waals surface area contributed by atoms with E-state index in [4.69, 9.17) is 5.73 Å². The second-order valence-electron chi connectivity index (χ2n) is 8.72. The first kappa shape index (κ1) is 23.4. The number of piperazine rings is 1. The smallest absolute Gasteiger partial charge is 0.323 e. The lowest BCUT2D eigenvalue weighted by atomic mass is 9.99. The molecule has 2 aromatic carbocycles. The Balaban J connectivity index is 1.54. The maximum absolute atomic E-state index is 12.5.